The number of carbonyl (C=O) groups excluding carboxylic acids is 1. The number of Topliss-reactive ketones (excluding diaryl/α,β-unsaturated/α-hetero) is 1. The normalized spacial score (nSPS) is 11.6. The van der Waals surface area contributed by atoms with Gasteiger partial charge in [-0.2, -0.15) is 13.2 Å². The smallest absolute Gasteiger partial charge is 0.294 e. The van der Waals surface area contributed by atoms with E-state index in [9.17, 15) is 18.0 Å². The molecule has 1 aromatic rings. The van der Waals surface area contributed by atoms with Crippen molar-refractivity contribution >= 4 is 17.4 Å². The first-order valence-electron chi connectivity index (χ1n) is 4.63. The minimum Gasteiger partial charge on any atom is -0.294 e. The molecule has 0 unspecified atom stereocenters. The van der Waals surface area contributed by atoms with Crippen LogP contribution >= 0.6 is 11.6 Å². The third-order valence-electron chi connectivity index (χ3n) is 2.19. The quantitative estimate of drug-likeness (QED) is 0.589. The molecule has 0 aliphatic carbocycles. The Hall–Kier alpha value is -1.03. The Bertz CT molecular complexity index is 399. The Morgan fingerprint density at radius 3 is 2.50 bits per heavy atom. The van der Waals surface area contributed by atoms with Crippen molar-refractivity contribution < 1.29 is 18.0 Å². The van der Waals surface area contributed by atoms with Gasteiger partial charge >= 0.3 is 6.18 Å². The monoisotopic (exact) mass is 250 g/mol. The van der Waals surface area contributed by atoms with E-state index in [4.69, 9.17) is 11.6 Å². The average molecular weight is 251 g/mol. The summed E-state index contributed by atoms with van der Waals surface area (Å²) in [6, 6.07) is 3.14. The van der Waals surface area contributed by atoms with Crippen LogP contribution in [-0.4, -0.2) is 11.7 Å². The van der Waals surface area contributed by atoms with Crippen LogP contribution in [0.15, 0.2) is 18.2 Å². The maximum absolute atomic E-state index is 12.4. The van der Waals surface area contributed by atoms with Crippen molar-refractivity contribution in [2.45, 2.75) is 19.5 Å². The summed E-state index contributed by atoms with van der Waals surface area (Å²) in [5.41, 5.74) is -0.186. The molecule has 5 heteroatoms. The fourth-order valence-corrected chi connectivity index (χ4v) is 1.49. The van der Waals surface area contributed by atoms with Gasteiger partial charge in [-0.15, -0.1) is 11.6 Å². The molecule has 1 nitrogen and oxygen atoms in total. The summed E-state index contributed by atoms with van der Waals surface area (Å²) in [4.78, 5) is 11.5. The van der Waals surface area contributed by atoms with Gasteiger partial charge in [0.25, 0.3) is 0 Å². The van der Waals surface area contributed by atoms with Gasteiger partial charge < -0.3 is 0 Å². The van der Waals surface area contributed by atoms with E-state index >= 15 is 0 Å². The average Bonchev–Trinajstić information content (AvgIpc) is 2.16. The van der Waals surface area contributed by atoms with Crippen molar-refractivity contribution in [3.05, 3.63) is 34.9 Å². The van der Waals surface area contributed by atoms with Gasteiger partial charge in [0, 0.05) is 17.9 Å². The van der Waals surface area contributed by atoms with Gasteiger partial charge in [0.15, 0.2) is 5.78 Å². The number of halogens is 4. The molecule has 0 aliphatic rings. The molecule has 0 amide bonds. The zero-order chi connectivity index (χ0) is 12.3. The van der Waals surface area contributed by atoms with Crippen molar-refractivity contribution in [2.75, 3.05) is 5.88 Å². The van der Waals surface area contributed by atoms with Gasteiger partial charge in [-0.25, -0.2) is 0 Å². The van der Waals surface area contributed by atoms with Crippen molar-refractivity contribution in [3.63, 3.8) is 0 Å². The number of alkyl halides is 4. The van der Waals surface area contributed by atoms with E-state index < -0.39 is 11.7 Å². The lowest BCUT2D eigenvalue weighted by molar-refractivity contribution is -0.137. The number of aryl methyl sites for hydroxylation is 1. The highest BCUT2D eigenvalue weighted by atomic mass is 35.5. The van der Waals surface area contributed by atoms with E-state index in [1.54, 1.807) is 6.92 Å². The highest BCUT2D eigenvalue weighted by Gasteiger charge is 2.31. The standard InChI is InChI=1S/C11H10ClF3O/c1-7-2-3-8(11(13,14)15)6-9(7)10(16)4-5-12/h2-3,6H,4-5H2,1H3. The van der Waals surface area contributed by atoms with Crippen LogP contribution in [0.5, 0.6) is 0 Å². The molecule has 16 heavy (non-hydrogen) atoms. The Labute approximate surface area is 96.2 Å². The van der Waals surface area contributed by atoms with E-state index in [2.05, 4.69) is 0 Å². The number of hydrogen-bond acceptors (Lipinski definition) is 1. The molecule has 0 saturated carbocycles. The molecule has 0 fully saturated rings. The molecular weight excluding hydrogens is 241 g/mol. The third kappa shape index (κ3) is 2.98. The van der Waals surface area contributed by atoms with Crippen LogP contribution in [0, 0.1) is 6.92 Å². The fraction of sp³-hybridized carbons (Fsp3) is 0.364. The number of ketones is 1. The predicted molar refractivity (Wildman–Crippen MR) is 55.8 cm³/mol. The zero-order valence-corrected chi connectivity index (χ0v) is 9.32. The van der Waals surface area contributed by atoms with E-state index in [0.717, 1.165) is 12.1 Å². The number of benzene rings is 1. The lowest BCUT2D eigenvalue weighted by atomic mass is 10.00. The highest BCUT2D eigenvalue weighted by Crippen LogP contribution is 2.30. The molecule has 0 N–H and O–H groups in total. The predicted octanol–water partition coefficient (Wildman–Crippen LogP) is 3.83. The van der Waals surface area contributed by atoms with Crippen molar-refractivity contribution in [2.24, 2.45) is 0 Å². The Kier molecular flexibility index (Phi) is 3.97. The van der Waals surface area contributed by atoms with Gasteiger partial charge in [0.2, 0.25) is 0 Å². The lowest BCUT2D eigenvalue weighted by Crippen LogP contribution is -2.09. The van der Waals surface area contributed by atoms with Gasteiger partial charge in [-0.1, -0.05) is 6.07 Å². The first-order chi connectivity index (χ1) is 7.36. The van der Waals surface area contributed by atoms with E-state index in [0.29, 0.717) is 5.56 Å². The second-order valence-corrected chi connectivity index (χ2v) is 3.77. The number of rotatable bonds is 3. The molecule has 0 bridgehead atoms. The van der Waals surface area contributed by atoms with Gasteiger partial charge in [-0.3, -0.25) is 4.79 Å². The maximum Gasteiger partial charge on any atom is 0.416 e. The summed E-state index contributed by atoms with van der Waals surface area (Å²) in [5.74, 6) is -0.257. The van der Waals surface area contributed by atoms with Crippen LogP contribution in [0.4, 0.5) is 13.2 Å². The summed E-state index contributed by atoms with van der Waals surface area (Å²) in [6.45, 7) is 1.60. The van der Waals surface area contributed by atoms with Crippen LogP contribution in [0.2, 0.25) is 0 Å². The largest absolute Gasteiger partial charge is 0.416 e. The molecule has 0 spiro atoms. The second kappa shape index (κ2) is 4.87. The molecule has 0 radical (unpaired) electrons. The third-order valence-corrected chi connectivity index (χ3v) is 2.38. The molecule has 0 saturated heterocycles. The van der Waals surface area contributed by atoms with Gasteiger partial charge in [0.05, 0.1) is 5.56 Å². The molecule has 88 valence electrons. The fourth-order valence-electron chi connectivity index (χ4n) is 1.32. The van der Waals surface area contributed by atoms with Gasteiger partial charge in [0.1, 0.15) is 0 Å². The molecule has 1 aromatic carbocycles. The SMILES string of the molecule is Cc1ccc(C(F)(F)F)cc1C(=O)CCCl. The Balaban J connectivity index is 3.14. The summed E-state index contributed by atoms with van der Waals surface area (Å²) >= 11 is 5.39. The Morgan fingerprint density at radius 2 is 2.00 bits per heavy atom. The van der Waals surface area contributed by atoms with Crippen LogP contribution in [-0.2, 0) is 6.18 Å². The number of carbonyl (C=O) groups is 1. The summed E-state index contributed by atoms with van der Waals surface area (Å²) in [6.07, 6.45) is -4.38. The van der Waals surface area contributed by atoms with Crippen LogP contribution in [0.3, 0.4) is 0 Å². The summed E-state index contributed by atoms with van der Waals surface area (Å²) < 4.78 is 37.2. The van der Waals surface area contributed by atoms with Crippen LogP contribution in [0.25, 0.3) is 0 Å². The topological polar surface area (TPSA) is 17.1 Å². The highest BCUT2D eigenvalue weighted by molar-refractivity contribution is 6.19. The zero-order valence-electron chi connectivity index (χ0n) is 8.57. The first kappa shape index (κ1) is 13.0. The summed E-state index contributed by atoms with van der Waals surface area (Å²) in [7, 11) is 0. The van der Waals surface area contributed by atoms with Crippen molar-refractivity contribution in [1.29, 1.82) is 0 Å². The van der Waals surface area contributed by atoms with Crippen molar-refractivity contribution in [1.82, 2.24) is 0 Å². The molecular formula is C11H10ClF3O. The second-order valence-electron chi connectivity index (χ2n) is 3.39. The van der Waals surface area contributed by atoms with E-state index in [1.807, 2.05) is 0 Å². The van der Waals surface area contributed by atoms with Crippen LogP contribution < -0.4 is 0 Å². The molecule has 1 rings (SSSR count). The van der Waals surface area contributed by atoms with E-state index in [1.165, 1.54) is 6.07 Å². The van der Waals surface area contributed by atoms with Crippen molar-refractivity contribution in [3.8, 4) is 0 Å². The minimum absolute atomic E-state index is 0.0453. The number of hydrogen-bond donors (Lipinski definition) is 0. The maximum atomic E-state index is 12.4. The molecule has 0 aromatic heterocycles. The minimum atomic E-state index is -4.43. The Morgan fingerprint density at radius 1 is 1.38 bits per heavy atom. The molecule has 0 atom stereocenters. The summed E-state index contributed by atoms with van der Waals surface area (Å²) in [5, 5.41) is 0. The van der Waals surface area contributed by atoms with Gasteiger partial charge in [-0.05, 0) is 24.6 Å². The molecule has 0 aliphatic heterocycles. The van der Waals surface area contributed by atoms with Crippen LogP contribution in [0.1, 0.15) is 27.9 Å². The first-order valence-corrected chi connectivity index (χ1v) is 5.16. The lowest BCUT2D eigenvalue weighted by Gasteiger charge is -2.10. The molecule has 0 heterocycles. The van der Waals surface area contributed by atoms with E-state index in [-0.39, 0.29) is 23.6 Å².